The first kappa shape index (κ1) is 18.2. The molecule has 0 spiro atoms. The Morgan fingerprint density at radius 2 is 1.62 bits per heavy atom. The molecule has 2 aromatic carbocycles. The maximum atomic E-state index is 12.6. The van der Waals surface area contributed by atoms with Gasteiger partial charge in [0.05, 0.1) is 4.90 Å². The van der Waals surface area contributed by atoms with Crippen molar-refractivity contribution >= 4 is 15.9 Å². The minimum absolute atomic E-state index is 0.135. The molecule has 5 nitrogen and oxygen atoms in total. The number of amides is 1. The molecule has 0 aromatic heterocycles. The quantitative estimate of drug-likeness (QED) is 0.874. The second-order valence-electron chi connectivity index (χ2n) is 5.63. The third kappa shape index (κ3) is 4.21. The molecule has 6 heteroatoms. The lowest BCUT2D eigenvalue weighted by Gasteiger charge is -2.17. The Labute approximate surface area is 143 Å². The highest BCUT2D eigenvalue weighted by Crippen LogP contribution is 2.17. The van der Waals surface area contributed by atoms with Gasteiger partial charge in [-0.2, -0.15) is 4.31 Å². The number of carbonyl (C=O) groups excluding carboxylic acids is 1. The fourth-order valence-electron chi connectivity index (χ4n) is 2.26. The molecule has 0 saturated heterocycles. The van der Waals surface area contributed by atoms with Crippen LogP contribution >= 0.6 is 0 Å². The van der Waals surface area contributed by atoms with E-state index in [0.717, 1.165) is 11.1 Å². The Morgan fingerprint density at radius 3 is 2.17 bits per heavy atom. The van der Waals surface area contributed by atoms with Crippen LogP contribution in [0.3, 0.4) is 0 Å². The molecule has 0 aliphatic rings. The number of rotatable bonds is 6. The molecule has 0 unspecified atom stereocenters. The summed E-state index contributed by atoms with van der Waals surface area (Å²) in [5.41, 5.74) is 2.39. The van der Waals surface area contributed by atoms with Crippen LogP contribution in [-0.4, -0.2) is 32.2 Å². The molecule has 1 amide bonds. The third-order valence-electron chi connectivity index (χ3n) is 3.69. The number of hydrogen-bond acceptors (Lipinski definition) is 3. The van der Waals surface area contributed by atoms with Gasteiger partial charge in [-0.25, -0.2) is 8.42 Å². The Kier molecular flexibility index (Phi) is 5.75. The summed E-state index contributed by atoms with van der Waals surface area (Å²) >= 11 is 0. The van der Waals surface area contributed by atoms with Crippen molar-refractivity contribution in [2.75, 3.05) is 13.6 Å². The molecule has 0 aliphatic heterocycles. The van der Waals surface area contributed by atoms with E-state index in [-0.39, 0.29) is 17.3 Å². The van der Waals surface area contributed by atoms with E-state index < -0.39 is 10.0 Å². The summed E-state index contributed by atoms with van der Waals surface area (Å²) < 4.78 is 26.4. The van der Waals surface area contributed by atoms with Crippen LogP contribution in [-0.2, 0) is 16.6 Å². The average Bonchev–Trinajstić information content (AvgIpc) is 2.56. The molecule has 0 aliphatic carbocycles. The summed E-state index contributed by atoms with van der Waals surface area (Å²) in [6.45, 7) is 4.58. The molecular formula is C18H22N2O3S. The molecule has 0 heterocycles. The first-order valence-corrected chi connectivity index (χ1v) is 9.18. The Hall–Kier alpha value is -2.18. The lowest BCUT2D eigenvalue weighted by atomic mass is 10.1. The molecule has 0 saturated carbocycles. The van der Waals surface area contributed by atoms with Crippen molar-refractivity contribution in [1.82, 2.24) is 9.62 Å². The average molecular weight is 346 g/mol. The van der Waals surface area contributed by atoms with Crippen molar-refractivity contribution in [3.63, 3.8) is 0 Å². The van der Waals surface area contributed by atoms with Crippen LogP contribution in [0.1, 0.15) is 28.4 Å². The second kappa shape index (κ2) is 7.59. The number of aryl methyl sites for hydroxylation is 1. The van der Waals surface area contributed by atoms with E-state index in [1.54, 1.807) is 55.6 Å². The minimum atomic E-state index is -3.53. The maximum absolute atomic E-state index is 12.6. The van der Waals surface area contributed by atoms with Gasteiger partial charge < -0.3 is 5.32 Å². The molecule has 0 fully saturated rings. The van der Waals surface area contributed by atoms with Gasteiger partial charge in [0.15, 0.2) is 0 Å². The molecular weight excluding hydrogens is 324 g/mol. The van der Waals surface area contributed by atoms with Gasteiger partial charge in [-0.1, -0.05) is 29.8 Å². The van der Waals surface area contributed by atoms with Crippen molar-refractivity contribution in [2.45, 2.75) is 25.3 Å². The van der Waals surface area contributed by atoms with Gasteiger partial charge in [0.25, 0.3) is 5.91 Å². The van der Waals surface area contributed by atoms with Crippen LogP contribution in [0, 0.1) is 6.92 Å². The largest absolute Gasteiger partial charge is 0.352 e. The van der Waals surface area contributed by atoms with Crippen molar-refractivity contribution in [3.8, 4) is 0 Å². The predicted octanol–water partition coefficient (Wildman–Crippen LogP) is 2.57. The zero-order valence-corrected chi connectivity index (χ0v) is 14.9. The lowest BCUT2D eigenvalue weighted by Crippen LogP contribution is -2.26. The summed E-state index contributed by atoms with van der Waals surface area (Å²) in [7, 11) is -1.99. The SMILES string of the molecule is CCNC(=O)c1ccc(CN(C)S(=O)(=O)c2ccc(C)cc2)cc1. The minimum Gasteiger partial charge on any atom is -0.352 e. The van der Waals surface area contributed by atoms with Gasteiger partial charge in [-0.05, 0) is 43.7 Å². The van der Waals surface area contributed by atoms with Crippen molar-refractivity contribution in [3.05, 3.63) is 65.2 Å². The highest BCUT2D eigenvalue weighted by Gasteiger charge is 2.20. The molecule has 0 radical (unpaired) electrons. The summed E-state index contributed by atoms with van der Waals surface area (Å²) in [5, 5.41) is 2.73. The van der Waals surface area contributed by atoms with Crippen LogP contribution in [0.4, 0.5) is 0 Å². The number of nitrogens with one attached hydrogen (secondary N) is 1. The Morgan fingerprint density at radius 1 is 1.04 bits per heavy atom. The van der Waals surface area contributed by atoms with Crippen LogP contribution in [0.15, 0.2) is 53.4 Å². The van der Waals surface area contributed by atoms with Gasteiger partial charge in [-0.3, -0.25) is 4.79 Å². The highest BCUT2D eigenvalue weighted by molar-refractivity contribution is 7.89. The first-order chi connectivity index (χ1) is 11.3. The summed E-state index contributed by atoms with van der Waals surface area (Å²) in [4.78, 5) is 12.0. The summed E-state index contributed by atoms with van der Waals surface area (Å²) in [5.74, 6) is -0.135. The third-order valence-corrected chi connectivity index (χ3v) is 5.51. The van der Waals surface area contributed by atoms with Crippen LogP contribution < -0.4 is 5.32 Å². The van der Waals surface area contributed by atoms with Crippen LogP contribution in [0.2, 0.25) is 0 Å². The maximum Gasteiger partial charge on any atom is 0.251 e. The zero-order chi connectivity index (χ0) is 17.7. The molecule has 1 N–H and O–H groups in total. The van der Waals surface area contributed by atoms with Gasteiger partial charge in [0.2, 0.25) is 10.0 Å². The van der Waals surface area contributed by atoms with E-state index >= 15 is 0 Å². The normalized spacial score (nSPS) is 11.5. The van der Waals surface area contributed by atoms with Crippen LogP contribution in [0.5, 0.6) is 0 Å². The van der Waals surface area contributed by atoms with E-state index in [1.807, 2.05) is 13.8 Å². The molecule has 2 aromatic rings. The number of nitrogens with zero attached hydrogens (tertiary/aromatic N) is 1. The van der Waals surface area contributed by atoms with E-state index in [1.165, 1.54) is 4.31 Å². The van der Waals surface area contributed by atoms with E-state index in [0.29, 0.717) is 12.1 Å². The van der Waals surface area contributed by atoms with Gasteiger partial charge in [0.1, 0.15) is 0 Å². The number of benzene rings is 2. The Balaban J connectivity index is 2.12. The standard InChI is InChI=1S/C18H22N2O3S/c1-4-19-18(21)16-9-7-15(8-10-16)13-20(3)24(22,23)17-11-5-14(2)6-12-17/h5-12H,4,13H2,1-3H3,(H,19,21). The summed E-state index contributed by atoms with van der Waals surface area (Å²) in [6.07, 6.45) is 0. The molecule has 24 heavy (non-hydrogen) atoms. The van der Waals surface area contributed by atoms with Gasteiger partial charge >= 0.3 is 0 Å². The van der Waals surface area contributed by atoms with Gasteiger partial charge in [0, 0.05) is 25.7 Å². The highest BCUT2D eigenvalue weighted by atomic mass is 32.2. The second-order valence-corrected chi connectivity index (χ2v) is 7.68. The van der Waals surface area contributed by atoms with Crippen LogP contribution in [0.25, 0.3) is 0 Å². The number of sulfonamides is 1. The monoisotopic (exact) mass is 346 g/mol. The molecule has 2 rings (SSSR count). The first-order valence-electron chi connectivity index (χ1n) is 7.74. The lowest BCUT2D eigenvalue weighted by molar-refractivity contribution is 0.0956. The topological polar surface area (TPSA) is 66.5 Å². The van der Waals surface area contributed by atoms with Crippen molar-refractivity contribution < 1.29 is 13.2 Å². The fourth-order valence-corrected chi connectivity index (χ4v) is 3.42. The van der Waals surface area contributed by atoms with Gasteiger partial charge in [-0.15, -0.1) is 0 Å². The fraction of sp³-hybridized carbons (Fsp3) is 0.278. The molecule has 0 bridgehead atoms. The van der Waals surface area contributed by atoms with E-state index in [4.69, 9.17) is 0 Å². The van der Waals surface area contributed by atoms with Crippen molar-refractivity contribution in [2.24, 2.45) is 0 Å². The van der Waals surface area contributed by atoms with E-state index in [2.05, 4.69) is 5.32 Å². The Bertz CT molecular complexity index is 797. The molecule has 0 atom stereocenters. The smallest absolute Gasteiger partial charge is 0.251 e. The van der Waals surface area contributed by atoms with Crippen molar-refractivity contribution in [1.29, 1.82) is 0 Å². The summed E-state index contributed by atoms with van der Waals surface area (Å²) in [6, 6.07) is 13.7. The zero-order valence-electron chi connectivity index (χ0n) is 14.1. The predicted molar refractivity (Wildman–Crippen MR) is 94.3 cm³/mol. The van der Waals surface area contributed by atoms with E-state index in [9.17, 15) is 13.2 Å². The number of hydrogen-bond donors (Lipinski definition) is 1. The number of carbonyl (C=O) groups is 1. The molecule has 128 valence electrons.